The van der Waals surface area contributed by atoms with Crippen molar-refractivity contribution >= 4 is 51.4 Å². The first kappa shape index (κ1) is 26.0. The summed E-state index contributed by atoms with van der Waals surface area (Å²) in [4.78, 5) is 35.1. The van der Waals surface area contributed by atoms with E-state index in [-0.39, 0.29) is 22.8 Å². The topological polar surface area (TPSA) is 106 Å². The molecule has 0 aliphatic carbocycles. The van der Waals surface area contributed by atoms with Crippen LogP contribution in [-0.4, -0.2) is 65.5 Å². The van der Waals surface area contributed by atoms with E-state index in [0.717, 1.165) is 6.42 Å². The number of Topliss-reactive ketones (excluding diaryl/α,β-unsaturated/α-hetero) is 1. The smallest absolute Gasteiger partial charge is 0.248 e. The minimum Gasteiger partial charge on any atom is -0.486 e. The summed E-state index contributed by atoms with van der Waals surface area (Å²) in [6.07, 6.45) is 6.37. The summed E-state index contributed by atoms with van der Waals surface area (Å²) < 4.78 is 25.2. The van der Waals surface area contributed by atoms with Gasteiger partial charge in [-0.2, -0.15) is 0 Å². The van der Waals surface area contributed by atoms with Crippen molar-refractivity contribution in [1.82, 2.24) is 14.9 Å². The highest BCUT2D eigenvalue weighted by Gasteiger charge is 2.21. The molecule has 0 spiro atoms. The van der Waals surface area contributed by atoms with Gasteiger partial charge in [-0.15, -0.1) is 0 Å². The van der Waals surface area contributed by atoms with Crippen molar-refractivity contribution in [1.29, 1.82) is 0 Å². The van der Waals surface area contributed by atoms with Crippen LogP contribution in [0.1, 0.15) is 19.3 Å². The average molecular weight is 540 g/mol. The van der Waals surface area contributed by atoms with Crippen LogP contribution >= 0.6 is 11.6 Å². The number of hydrogen-bond acceptors (Lipinski definition) is 8. The third-order valence-electron chi connectivity index (χ3n) is 6.40. The number of piperidine rings is 1. The molecule has 198 valence electrons. The van der Waals surface area contributed by atoms with E-state index in [1.165, 1.54) is 24.5 Å². The highest BCUT2D eigenvalue weighted by Crippen LogP contribution is 2.35. The van der Waals surface area contributed by atoms with Crippen LogP contribution in [0.2, 0.25) is 5.02 Å². The van der Waals surface area contributed by atoms with Crippen molar-refractivity contribution in [3.05, 3.63) is 59.7 Å². The van der Waals surface area contributed by atoms with Crippen molar-refractivity contribution < 1.29 is 23.5 Å². The Labute approximate surface area is 224 Å². The molecule has 2 N–H and O–H groups in total. The summed E-state index contributed by atoms with van der Waals surface area (Å²) in [5, 5.41) is 6.66. The summed E-state index contributed by atoms with van der Waals surface area (Å²) in [5.74, 6) is 0.369. The van der Waals surface area contributed by atoms with Crippen LogP contribution in [0.4, 0.5) is 21.6 Å². The van der Waals surface area contributed by atoms with Crippen LogP contribution in [-0.2, 0) is 14.3 Å². The van der Waals surface area contributed by atoms with Gasteiger partial charge in [-0.3, -0.25) is 14.5 Å². The van der Waals surface area contributed by atoms with E-state index in [2.05, 4.69) is 25.5 Å². The zero-order chi connectivity index (χ0) is 26.5. The number of carbonyl (C=O) groups excluding carboxylic acids is 2. The van der Waals surface area contributed by atoms with Crippen LogP contribution in [0.5, 0.6) is 5.75 Å². The number of hydrogen-bond donors (Lipinski definition) is 2. The van der Waals surface area contributed by atoms with Gasteiger partial charge in [0.05, 0.1) is 29.4 Å². The molecule has 5 rings (SSSR count). The maximum atomic E-state index is 13.6. The van der Waals surface area contributed by atoms with Crippen molar-refractivity contribution in [2.24, 2.45) is 0 Å². The van der Waals surface area contributed by atoms with E-state index in [9.17, 15) is 14.0 Å². The number of ketones is 1. The van der Waals surface area contributed by atoms with Crippen LogP contribution in [0.3, 0.4) is 0 Å². The monoisotopic (exact) mass is 539 g/mol. The standard InChI is InChI=1S/C27H27ClFN5O4/c28-21-12-17(3-4-22(21)29)32-27-20-13-24(33-26(36)2-1-8-34-9-5-18(35)6-10-34)25(14-23(20)30-16-31-27)38-19-7-11-37-15-19/h1-4,12-14,16,19H,5-11,15H2,(H,33,36)(H,30,31,32)/b2-1+/t19-/m0/s1. The van der Waals surface area contributed by atoms with Crippen molar-refractivity contribution in [3.8, 4) is 5.75 Å². The first-order chi connectivity index (χ1) is 18.4. The number of ether oxygens (including phenoxy) is 2. The minimum atomic E-state index is -0.519. The van der Waals surface area contributed by atoms with E-state index in [1.807, 2.05) is 0 Å². The van der Waals surface area contributed by atoms with E-state index in [1.54, 1.807) is 24.3 Å². The Morgan fingerprint density at radius 1 is 1.24 bits per heavy atom. The molecule has 3 heterocycles. The van der Waals surface area contributed by atoms with Gasteiger partial charge >= 0.3 is 0 Å². The number of aromatic nitrogens is 2. The molecule has 1 aromatic heterocycles. The number of fused-ring (bicyclic) bond motifs is 1. The molecule has 2 aromatic carbocycles. The van der Waals surface area contributed by atoms with Gasteiger partial charge in [0.2, 0.25) is 5.91 Å². The van der Waals surface area contributed by atoms with Crippen LogP contribution in [0.15, 0.2) is 48.8 Å². The molecule has 11 heteroatoms. The van der Waals surface area contributed by atoms with Crippen LogP contribution in [0, 0.1) is 5.82 Å². The molecule has 0 unspecified atom stereocenters. The molecule has 9 nitrogen and oxygen atoms in total. The van der Waals surface area contributed by atoms with Gasteiger partial charge in [-0.1, -0.05) is 17.7 Å². The van der Waals surface area contributed by atoms with Crippen LogP contribution < -0.4 is 15.4 Å². The van der Waals surface area contributed by atoms with Gasteiger partial charge in [0, 0.05) is 62.1 Å². The maximum Gasteiger partial charge on any atom is 0.248 e. The Balaban J connectivity index is 1.39. The van der Waals surface area contributed by atoms with E-state index in [0.29, 0.717) is 79.5 Å². The SMILES string of the molecule is O=C1CCN(C/C=C/C(=O)Nc2cc3c(Nc4ccc(F)c(Cl)c4)ncnc3cc2O[C@H]2CCOC2)CC1. The molecule has 0 saturated carbocycles. The Hall–Kier alpha value is -3.60. The number of nitrogens with zero attached hydrogens (tertiary/aromatic N) is 3. The molecular weight excluding hydrogens is 513 g/mol. The fourth-order valence-corrected chi connectivity index (χ4v) is 4.52. The minimum absolute atomic E-state index is 0.0151. The zero-order valence-electron chi connectivity index (χ0n) is 20.6. The number of rotatable bonds is 8. The van der Waals surface area contributed by atoms with Gasteiger partial charge in [0.1, 0.15) is 35.6 Å². The normalized spacial score (nSPS) is 18.3. The first-order valence-corrected chi connectivity index (χ1v) is 12.8. The second kappa shape index (κ2) is 11.8. The van der Waals surface area contributed by atoms with E-state index >= 15 is 0 Å². The Kier molecular flexibility index (Phi) is 8.11. The quantitative estimate of drug-likeness (QED) is 0.403. The average Bonchev–Trinajstić information content (AvgIpc) is 3.41. The van der Waals surface area contributed by atoms with Crippen molar-refractivity contribution in [3.63, 3.8) is 0 Å². The first-order valence-electron chi connectivity index (χ1n) is 12.4. The van der Waals surface area contributed by atoms with Crippen molar-refractivity contribution in [2.45, 2.75) is 25.4 Å². The Morgan fingerprint density at radius 3 is 2.84 bits per heavy atom. The molecule has 3 aromatic rings. The van der Waals surface area contributed by atoms with Crippen molar-refractivity contribution in [2.75, 3.05) is 43.5 Å². The summed E-state index contributed by atoms with van der Waals surface area (Å²) in [6, 6.07) is 7.79. The summed E-state index contributed by atoms with van der Waals surface area (Å²) in [6.45, 7) is 3.06. The summed E-state index contributed by atoms with van der Waals surface area (Å²) in [7, 11) is 0. The van der Waals surface area contributed by atoms with Gasteiger partial charge in [0.15, 0.2) is 0 Å². The largest absolute Gasteiger partial charge is 0.486 e. The highest BCUT2D eigenvalue weighted by atomic mass is 35.5. The Morgan fingerprint density at radius 2 is 2.08 bits per heavy atom. The molecule has 2 aliphatic heterocycles. The number of carbonyl (C=O) groups is 2. The second-order valence-electron chi connectivity index (χ2n) is 9.18. The fourth-order valence-electron chi connectivity index (χ4n) is 4.34. The fraction of sp³-hybridized carbons (Fsp3) is 0.333. The lowest BCUT2D eigenvalue weighted by molar-refractivity contribution is -0.121. The van der Waals surface area contributed by atoms with E-state index in [4.69, 9.17) is 21.1 Å². The molecular formula is C27H27ClFN5O4. The third-order valence-corrected chi connectivity index (χ3v) is 6.69. The Bertz CT molecular complexity index is 1370. The predicted molar refractivity (Wildman–Crippen MR) is 143 cm³/mol. The van der Waals surface area contributed by atoms with Gasteiger partial charge in [0.25, 0.3) is 0 Å². The third kappa shape index (κ3) is 6.45. The maximum absolute atomic E-state index is 13.6. The molecule has 0 radical (unpaired) electrons. The van der Waals surface area contributed by atoms with Gasteiger partial charge in [-0.25, -0.2) is 14.4 Å². The van der Waals surface area contributed by atoms with Gasteiger partial charge in [-0.05, 0) is 24.3 Å². The molecule has 38 heavy (non-hydrogen) atoms. The van der Waals surface area contributed by atoms with E-state index < -0.39 is 5.82 Å². The molecule has 1 atom stereocenters. The lowest BCUT2D eigenvalue weighted by Crippen LogP contribution is -2.33. The van der Waals surface area contributed by atoms with Crippen LogP contribution in [0.25, 0.3) is 10.9 Å². The number of nitrogens with one attached hydrogen (secondary N) is 2. The lowest BCUT2D eigenvalue weighted by Gasteiger charge is -2.24. The number of amides is 1. The number of halogens is 2. The summed E-state index contributed by atoms with van der Waals surface area (Å²) >= 11 is 5.93. The summed E-state index contributed by atoms with van der Waals surface area (Å²) in [5.41, 5.74) is 1.60. The molecule has 2 saturated heterocycles. The number of likely N-dealkylation sites (tertiary alicyclic amines) is 1. The second-order valence-corrected chi connectivity index (χ2v) is 9.58. The number of benzene rings is 2. The highest BCUT2D eigenvalue weighted by molar-refractivity contribution is 6.31. The zero-order valence-corrected chi connectivity index (χ0v) is 21.3. The predicted octanol–water partition coefficient (Wildman–Crippen LogP) is 4.49. The lowest BCUT2D eigenvalue weighted by atomic mass is 10.1. The number of anilines is 3. The molecule has 1 amide bonds. The van der Waals surface area contributed by atoms with Gasteiger partial charge < -0.3 is 20.1 Å². The molecule has 2 aliphatic rings. The molecule has 2 fully saturated rings. The molecule has 0 bridgehead atoms.